The quantitative estimate of drug-likeness (QED) is 0.629. The van der Waals surface area contributed by atoms with Gasteiger partial charge in [-0.2, -0.15) is 0 Å². The fourth-order valence-corrected chi connectivity index (χ4v) is 6.76. The van der Waals surface area contributed by atoms with Crippen molar-refractivity contribution in [2.24, 2.45) is 5.92 Å². The van der Waals surface area contributed by atoms with E-state index in [1.54, 1.807) is 12.1 Å². The molecule has 2 aliphatic carbocycles. The third-order valence-corrected chi connectivity index (χ3v) is 8.77. The minimum atomic E-state index is -3.61. The third-order valence-electron chi connectivity index (χ3n) is 7.33. The summed E-state index contributed by atoms with van der Waals surface area (Å²) in [5, 5.41) is 0.0489. The van der Waals surface area contributed by atoms with E-state index in [4.69, 9.17) is 4.74 Å². The Kier molecular flexibility index (Phi) is 7.20. The number of hydrogen-bond acceptors (Lipinski definition) is 5. The topological polar surface area (TPSA) is 88.6 Å². The van der Waals surface area contributed by atoms with E-state index in [-0.39, 0.29) is 23.1 Å². The number of carbonyl (C=O) groups is 1. The van der Waals surface area contributed by atoms with Crippen molar-refractivity contribution in [3.63, 3.8) is 0 Å². The first kappa shape index (κ1) is 24.0. The minimum absolute atomic E-state index is 0.0300. The number of pyridine rings is 1. The molecule has 1 aliphatic heterocycles. The van der Waals surface area contributed by atoms with Gasteiger partial charge in [-0.3, -0.25) is 4.79 Å². The van der Waals surface area contributed by atoms with E-state index in [0.29, 0.717) is 24.3 Å². The average Bonchev–Trinajstić information content (AvgIpc) is 2.90. The zero-order valence-electron chi connectivity index (χ0n) is 19.9. The summed E-state index contributed by atoms with van der Waals surface area (Å²) in [6.07, 6.45) is 12.4. The smallest absolute Gasteiger partial charge is 0.258 e. The summed E-state index contributed by atoms with van der Waals surface area (Å²) in [6, 6.07) is 12.2. The molecule has 5 rings (SSSR count). The molecule has 1 unspecified atom stereocenters. The van der Waals surface area contributed by atoms with Crippen molar-refractivity contribution in [1.29, 1.82) is 0 Å². The molecule has 35 heavy (non-hydrogen) atoms. The van der Waals surface area contributed by atoms with Crippen LogP contribution in [0.5, 0.6) is 5.75 Å². The molecule has 186 valence electrons. The van der Waals surface area contributed by atoms with E-state index in [9.17, 15) is 13.2 Å². The van der Waals surface area contributed by atoms with Gasteiger partial charge in [0.25, 0.3) is 15.9 Å². The Hall–Kier alpha value is -2.71. The molecule has 1 aromatic heterocycles. The number of fused-ring (bicyclic) bond motifs is 1. The highest BCUT2D eigenvalue weighted by Gasteiger charge is 2.31. The summed E-state index contributed by atoms with van der Waals surface area (Å²) in [5.74, 6) is 1.36. The lowest BCUT2D eigenvalue weighted by atomic mass is 9.84. The second-order valence-corrected chi connectivity index (χ2v) is 11.4. The van der Waals surface area contributed by atoms with Crippen LogP contribution < -0.4 is 9.46 Å². The number of hydrogen-bond donors (Lipinski definition) is 1. The largest absolute Gasteiger partial charge is 0.490 e. The molecule has 1 saturated heterocycles. The molecule has 0 spiro atoms. The second kappa shape index (κ2) is 10.5. The maximum atomic E-state index is 13.2. The first-order chi connectivity index (χ1) is 17.0. The number of rotatable bonds is 6. The third kappa shape index (κ3) is 5.59. The predicted molar refractivity (Wildman–Crippen MR) is 133 cm³/mol. The molecular weight excluding hydrogens is 462 g/mol. The highest BCUT2D eigenvalue weighted by molar-refractivity contribution is 7.89. The fourth-order valence-electron chi connectivity index (χ4n) is 5.50. The van der Waals surface area contributed by atoms with Crippen LogP contribution >= 0.6 is 0 Å². The van der Waals surface area contributed by atoms with E-state index in [1.807, 2.05) is 29.2 Å². The molecule has 0 radical (unpaired) electrons. The Morgan fingerprint density at radius 3 is 2.49 bits per heavy atom. The van der Waals surface area contributed by atoms with Crippen LogP contribution in [-0.2, 0) is 10.0 Å². The Balaban J connectivity index is 1.14. The van der Waals surface area contributed by atoms with E-state index in [1.165, 1.54) is 37.2 Å². The SMILES string of the molecule is O=C(c1ccc(OC2CCC(NS(=O)(=O)c3ccccn3)CC2)cc1)N1CCCC2CCCC=C21. The number of nitrogens with one attached hydrogen (secondary N) is 1. The molecule has 1 atom stereocenters. The van der Waals surface area contributed by atoms with Crippen LogP contribution in [0.3, 0.4) is 0 Å². The number of nitrogens with zero attached hydrogens (tertiary/aromatic N) is 2. The van der Waals surface area contributed by atoms with Gasteiger partial charge in [-0.1, -0.05) is 12.1 Å². The van der Waals surface area contributed by atoms with Gasteiger partial charge in [0.1, 0.15) is 5.75 Å². The summed E-state index contributed by atoms with van der Waals surface area (Å²) in [4.78, 5) is 19.1. The van der Waals surface area contributed by atoms with Gasteiger partial charge in [0.15, 0.2) is 5.03 Å². The lowest BCUT2D eigenvalue weighted by Crippen LogP contribution is -2.40. The monoisotopic (exact) mass is 495 g/mol. The average molecular weight is 496 g/mol. The number of aromatic nitrogens is 1. The number of amides is 1. The zero-order valence-corrected chi connectivity index (χ0v) is 20.8. The molecule has 3 aliphatic rings. The van der Waals surface area contributed by atoms with Crippen LogP contribution in [0, 0.1) is 5.92 Å². The molecule has 0 bridgehead atoms. The number of ether oxygens (including phenoxy) is 1. The van der Waals surface area contributed by atoms with Gasteiger partial charge >= 0.3 is 0 Å². The van der Waals surface area contributed by atoms with Gasteiger partial charge < -0.3 is 9.64 Å². The van der Waals surface area contributed by atoms with Crippen LogP contribution in [0.2, 0.25) is 0 Å². The number of benzene rings is 1. The lowest BCUT2D eigenvalue weighted by molar-refractivity contribution is 0.0748. The number of carbonyl (C=O) groups excluding carboxylic acids is 1. The maximum Gasteiger partial charge on any atom is 0.258 e. The molecule has 1 saturated carbocycles. The number of sulfonamides is 1. The summed E-state index contributed by atoms with van der Waals surface area (Å²) in [7, 11) is -3.61. The van der Waals surface area contributed by atoms with Crippen molar-refractivity contribution in [3.8, 4) is 5.75 Å². The van der Waals surface area contributed by atoms with E-state index >= 15 is 0 Å². The summed E-state index contributed by atoms with van der Waals surface area (Å²) in [6.45, 7) is 0.798. The Labute approximate surface area is 207 Å². The van der Waals surface area contributed by atoms with E-state index in [2.05, 4.69) is 15.8 Å². The number of allylic oxidation sites excluding steroid dienone is 2. The van der Waals surface area contributed by atoms with Crippen LogP contribution in [0.25, 0.3) is 0 Å². The van der Waals surface area contributed by atoms with Gasteiger partial charge in [-0.15, -0.1) is 0 Å². The van der Waals surface area contributed by atoms with Crippen molar-refractivity contribution in [1.82, 2.24) is 14.6 Å². The van der Waals surface area contributed by atoms with Crippen molar-refractivity contribution in [2.75, 3.05) is 6.54 Å². The number of likely N-dealkylation sites (tertiary alicyclic amines) is 1. The first-order valence-electron chi connectivity index (χ1n) is 12.7. The first-order valence-corrected chi connectivity index (χ1v) is 14.2. The van der Waals surface area contributed by atoms with Gasteiger partial charge in [0, 0.05) is 30.0 Å². The van der Waals surface area contributed by atoms with Crippen molar-refractivity contribution < 1.29 is 17.9 Å². The molecule has 7 nitrogen and oxygen atoms in total. The molecule has 8 heteroatoms. The summed E-state index contributed by atoms with van der Waals surface area (Å²) < 4.78 is 34.0. The molecule has 1 N–H and O–H groups in total. The lowest BCUT2D eigenvalue weighted by Gasteiger charge is -2.38. The van der Waals surface area contributed by atoms with Crippen LogP contribution in [0.4, 0.5) is 0 Å². The van der Waals surface area contributed by atoms with Gasteiger partial charge in [0.05, 0.1) is 6.10 Å². The van der Waals surface area contributed by atoms with E-state index in [0.717, 1.165) is 38.0 Å². The van der Waals surface area contributed by atoms with Crippen molar-refractivity contribution in [2.45, 2.75) is 75.0 Å². The molecule has 1 aromatic carbocycles. The van der Waals surface area contributed by atoms with Crippen LogP contribution in [-0.4, -0.2) is 42.9 Å². The van der Waals surface area contributed by atoms with Crippen LogP contribution in [0.15, 0.2) is 65.5 Å². The normalized spacial score (nSPS) is 24.9. The van der Waals surface area contributed by atoms with Crippen molar-refractivity contribution >= 4 is 15.9 Å². The number of piperidine rings is 1. The van der Waals surface area contributed by atoms with Gasteiger partial charge in [-0.05, 0) is 100 Å². The highest BCUT2D eigenvalue weighted by atomic mass is 32.2. The highest BCUT2D eigenvalue weighted by Crippen LogP contribution is 2.36. The molecule has 2 aromatic rings. The molecular formula is C27H33N3O4S. The fraction of sp³-hybridized carbons (Fsp3) is 0.481. The van der Waals surface area contributed by atoms with E-state index < -0.39 is 10.0 Å². The molecule has 2 fully saturated rings. The standard InChI is InChI=1S/C27H33N3O4S/c31-27(30-19-5-7-20-6-1-2-8-25(20)30)21-10-14-23(15-11-21)34-24-16-12-22(13-17-24)29-35(32,33)26-9-3-4-18-28-26/h3-4,8-11,14-15,18,20,22,24,29H,1-2,5-7,12-13,16-17,19H2. The maximum absolute atomic E-state index is 13.2. The summed E-state index contributed by atoms with van der Waals surface area (Å²) in [5.41, 5.74) is 1.92. The van der Waals surface area contributed by atoms with Crippen LogP contribution in [0.1, 0.15) is 68.1 Å². The molecule has 1 amide bonds. The van der Waals surface area contributed by atoms with Gasteiger partial charge in [-0.25, -0.2) is 18.1 Å². The zero-order chi connectivity index (χ0) is 24.3. The van der Waals surface area contributed by atoms with Crippen molar-refractivity contribution in [3.05, 3.63) is 66.0 Å². The van der Waals surface area contributed by atoms with Gasteiger partial charge in [0.2, 0.25) is 0 Å². The Morgan fingerprint density at radius 2 is 1.74 bits per heavy atom. The molecule has 2 heterocycles. The Morgan fingerprint density at radius 1 is 0.971 bits per heavy atom. The second-order valence-electron chi connectivity index (χ2n) is 9.76. The Bertz CT molecular complexity index is 1160. The predicted octanol–water partition coefficient (Wildman–Crippen LogP) is 4.67. The summed E-state index contributed by atoms with van der Waals surface area (Å²) >= 11 is 0. The minimum Gasteiger partial charge on any atom is -0.490 e.